The Morgan fingerprint density at radius 1 is 1.06 bits per heavy atom. The molecule has 1 aliphatic heterocycles. The van der Waals surface area contributed by atoms with Gasteiger partial charge in [0.2, 0.25) is 5.95 Å². The van der Waals surface area contributed by atoms with Crippen molar-refractivity contribution < 1.29 is 14.2 Å². The Kier molecular flexibility index (Phi) is 7.46. The summed E-state index contributed by atoms with van der Waals surface area (Å²) >= 11 is 0. The lowest BCUT2D eigenvalue weighted by molar-refractivity contribution is 0.122. The molecule has 0 spiro atoms. The maximum atomic E-state index is 6.08. The van der Waals surface area contributed by atoms with Crippen molar-refractivity contribution in [1.82, 2.24) is 9.97 Å². The average molecular weight is 427 g/mol. The van der Waals surface area contributed by atoms with Crippen molar-refractivity contribution in [2.75, 3.05) is 50.2 Å². The maximum absolute atomic E-state index is 6.08. The molecular weight excluding hydrogens is 392 g/mol. The van der Waals surface area contributed by atoms with Crippen LogP contribution in [0.5, 0.6) is 11.6 Å². The molecule has 0 atom stereocenters. The first kappa shape index (κ1) is 21.7. The molecule has 31 heavy (non-hydrogen) atoms. The molecule has 1 aromatic carbocycles. The second kappa shape index (κ2) is 10.7. The molecule has 7 nitrogen and oxygen atoms in total. The summed E-state index contributed by atoms with van der Waals surface area (Å²) in [7, 11) is 1.62. The summed E-state index contributed by atoms with van der Waals surface area (Å²) in [5.41, 5.74) is 2.14. The minimum absolute atomic E-state index is 0.502. The van der Waals surface area contributed by atoms with Crippen molar-refractivity contribution in [3.8, 4) is 11.6 Å². The molecule has 2 aromatic rings. The summed E-state index contributed by atoms with van der Waals surface area (Å²) in [6, 6.07) is 8.32. The van der Waals surface area contributed by atoms with Crippen LogP contribution < -0.4 is 19.7 Å². The molecule has 2 fully saturated rings. The molecular formula is C24H34N4O3. The summed E-state index contributed by atoms with van der Waals surface area (Å²) in [4.78, 5) is 11.3. The summed E-state index contributed by atoms with van der Waals surface area (Å²) in [5, 5.41) is 3.28. The van der Waals surface area contributed by atoms with Gasteiger partial charge in [0.15, 0.2) is 5.75 Å². The number of rotatable bonds is 8. The van der Waals surface area contributed by atoms with Gasteiger partial charge in [0.05, 0.1) is 33.1 Å². The van der Waals surface area contributed by atoms with Crippen molar-refractivity contribution in [3.05, 3.63) is 30.5 Å². The maximum Gasteiger partial charge on any atom is 0.262 e. The van der Waals surface area contributed by atoms with Crippen LogP contribution in [0.4, 0.5) is 17.3 Å². The number of nitrogens with zero attached hydrogens (tertiary/aromatic N) is 3. The van der Waals surface area contributed by atoms with Crippen LogP contribution in [0.15, 0.2) is 30.5 Å². The fourth-order valence-electron chi connectivity index (χ4n) is 4.37. The van der Waals surface area contributed by atoms with E-state index in [-0.39, 0.29) is 0 Å². The van der Waals surface area contributed by atoms with E-state index in [4.69, 9.17) is 14.2 Å². The number of morpholine rings is 1. The molecule has 1 aromatic heterocycles. The van der Waals surface area contributed by atoms with Gasteiger partial charge in [0.25, 0.3) is 5.88 Å². The van der Waals surface area contributed by atoms with E-state index in [2.05, 4.69) is 39.2 Å². The van der Waals surface area contributed by atoms with Crippen LogP contribution in [0.1, 0.15) is 39.0 Å². The molecule has 0 unspecified atom stereocenters. The molecule has 1 saturated carbocycles. The number of nitrogens with one attached hydrogen (secondary N) is 1. The quantitative estimate of drug-likeness (QED) is 0.658. The van der Waals surface area contributed by atoms with E-state index in [1.165, 1.54) is 37.8 Å². The van der Waals surface area contributed by atoms with Crippen LogP contribution in [0, 0.1) is 11.8 Å². The van der Waals surface area contributed by atoms with Crippen LogP contribution in [-0.2, 0) is 4.74 Å². The molecule has 1 aliphatic carbocycles. The number of aromatic nitrogens is 2. The van der Waals surface area contributed by atoms with E-state index in [0.717, 1.165) is 37.9 Å². The first-order valence-electron chi connectivity index (χ1n) is 11.5. The van der Waals surface area contributed by atoms with Gasteiger partial charge >= 0.3 is 0 Å². The normalized spacial score (nSPS) is 21.5. The monoisotopic (exact) mass is 426 g/mol. The van der Waals surface area contributed by atoms with Gasteiger partial charge in [0.1, 0.15) is 0 Å². The van der Waals surface area contributed by atoms with Crippen LogP contribution in [-0.4, -0.2) is 50.0 Å². The molecule has 0 radical (unpaired) electrons. The fraction of sp³-hybridized carbons (Fsp3) is 0.583. The molecule has 168 valence electrons. The fourth-order valence-corrected chi connectivity index (χ4v) is 4.37. The van der Waals surface area contributed by atoms with Crippen LogP contribution >= 0.6 is 0 Å². The van der Waals surface area contributed by atoms with Crippen molar-refractivity contribution in [1.29, 1.82) is 0 Å². The Bertz CT molecular complexity index is 816. The largest absolute Gasteiger partial charge is 0.490 e. The topological polar surface area (TPSA) is 68.7 Å². The van der Waals surface area contributed by atoms with Crippen molar-refractivity contribution in [2.45, 2.75) is 39.0 Å². The molecule has 0 bridgehead atoms. The first-order valence-corrected chi connectivity index (χ1v) is 11.5. The van der Waals surface area contributed by atoms with Crippen LogP contribution in [0.3, 0.4) is 0 Å². The predicted octanol–water partition coefficient (Wildman–Crippen LogP) is 4.66. The van der Waals surface area contributed by atoms with Gasteiger partial charge in [-0.15, -0.1) is 0 Å². The van der Waals surface area contributed by atoms with Gasteiger partial charge in [-0.05, 0) is 48.9 Å². The van der Waals surface area contributed by atoms with E-state index in [0.29, 0.717) is 30.1 Å². The molecule has 1 saturated heterocycles. The second-order valence-electron chi connectivity index (χ2n) is 8.44. The van der Waals surface area contributed by atoms with Gasteiger partial charge in [-0.2, -0.15) is 4.98 Å². The zero-order valence-electron chi connectivity index (χ0n) is 18.7. The number of ether oxygens (including phenoxy) is 3. The highest BCUT2D eigenvalue weighted by atomic mass is 16.5. The summed E-state index contributed by atoms with van der Waals surface area (Å²) in [6.45, 7) is 6.38. The van der Waals surface area contributed by atoms with Gasteiger partial charge in [-0.1, -0.05) is 26.2 Å². The Hall–Kier alpha value is -2.54. The smallest absolute Gasteiger partial charge is 0.262 e. The molecule has 2 heterocycles. The molecule has 1 N–H and O–H groups in total. The molecule has 2 aliphatic rings. The zero-order chi connectivity index (χ0) is 21.5. The predicted molar refractivity (Wildman–Crippen MR) is 123 cm³/mol. The summed E-state index contributed by atoms with van der Waals surface area (Å²) < 4.78 is 16.9. The minimum atomic E-state index is 0.502. The SMILES string of the molecule is CC[C@H]1CC[C@H](COc2nc(Nc3ccc(N4CCOCC4)cc3)ncc2OC)CC1. The molecule has 7 heteroatoms. The van der Waals surface area contributed by atoms with Gasteiger partial charge in [0, 0.05) is 24.5 Å². The highest BCUT2D eigenvalue weighted by Crippen LogP contribution is 2.32. The third-order valence-electron chi connectivity index (χ3n) is 6.44. The van der Waals surface area contributed by atoms with Gasteiger partial charge in [-0.3, -0.25) is 0 Å². The van der Waals surface area contributed by atoms with Crippen LogP contribution in [0.25, 0.3) is 0 Å². The number of anilines is 3. The summed E-state index contributed by atoms with van der Waals surface area (Å²) in [5.74, 6) is 3.05. The van der Waals surface area contributed by atoms with Gasteiger partial charge in [-0.25, -0.2) is 4.98 Å². The number of hydrogen-bond acceptors (Lipinski definition) is 7. The zero-order valence-corrected chi connectivity index (χ0v) is 18.7. The second-order valence-corrected chi connectivity index (χ2v) is 8.44. The van der Waals surface area contributed by atoms with Crippen LogP contribution in [0.2, 0.25) is 0 Å². The van der Waals surface area contributed by atoms with Crippen molar-refractivity contribution in [2.24, 2.45) is 11.8 Å². The number of hydrogen-bond donors (Lipinski definition) is 1. The number of benzene rings is 1. The lowest BCUT2D eigenvalue weighted by Crippen LogP contribution is -2.36. The van der Waals surface area contributed by atoms with Crippen molar-refractivity contribution >= 4 is 17.3 Å². The Balaban J connectivity index is 1.36. The van der Waals surface area contributed by atoms with Gasteiger partial charge < -0.3 is 24.4 Å². The number of methoxy groups -OCH3 is 1. The van der Waals surface area contributed by atoms with Crippen molar-refractivity contribution in [3.63, 3.8) is 0 Å². The highest BCUT2D eigenvalue weighted by molar-refractivity contribution is 5.60. The van der Waals surface area contributed by atoms with E-state index in [9.17, 15) is 0 Å². The Labute approximate surface area is 185 Å². The highest BCUT2D eigenvalue weighted by Gasteiger charge is 2.21. The minimum Gasteiger partial charge on any atom is -0.490 e. The Morgan fingerprint density at radius 2 is 1.77 bits per heavy atom. The third-order valence-corrected chi connectivity index (χ3v) is 6.44. The van der Waals surface area contributed by atoms with E-state index >= 15 is 0 Å². The standard InChI is InChI=1S/C24H34N4O3/c1-3-18-4-6-19(7-5-18)17-31-23-22(29-2)16-25-24(27-23)26-20-8-10-21(11-9-20)28-12-14-30-15-13-28/h8-11,16,18-19H,3-7,12-15,17H2,1-2H3,(H,25,26,27)/t18-,19-. The molecule has 4 rings (SSSR count). The molecule has 0 amide bonds. The van der Waals surface area contributed by atoms with E-state index in [1.807, 2.05) is 12.1 Å². The average Bonchev–Trinajstić information content (AvgIpc) is 2.84. The first-order chi connectivity index (χ1) is 15.2. The lowest BCUT2D eigenvalue weighted by atomic mass is 9.81. The lowest BCUT2D eigenvalue weighted by Gasteiger charge is -2.28. The third kappa shape index (κ3) is 5.79. The summed E-state index contributed by atoms with van der Waals surface area (Å²) in [6.07, 6.45) is 8.02. The van der Waals surface area contributed by atoms with E-state index < -0.39 is 0 Å². The van der Waals surface area contributed by atoms with E-state index in [1.54, 1.807) is 13.3 Å². The Morgan fingerprint density at radius 3 is 2.45 bits per heavy atom.